The van der Waals surface area contributed by atoms with Crippen molar-refractivity contribution < 1.29 is 23.5 Å². The lowest BCUT2D eigenvalue weighted by Gasteiger charge is -2.36. The Balaban J connectivity index is 1.51. The maximum atomic E-state index is 13.6. The van der Waals surface area contributed by atoms with E-state index in [4.69, 9.17) is 13.9 Å². The van der Waals surface area contributed by atoms with Crippen LogP contribution in [0.15, 0.2) is 63.4 Å². The Hall–Kier alpha value is -3.28. The number of nitrogens with one attached hydrogen (secondary N) is 1. The second-order valence-corrected chi connectivity index (χ2v) is 9.55. The van der Waals surface area contributed by atoms with E-state index in [1.807, 2.05) is 50.2 Å². The number of ether oxygens (including phenoxy) is 2. The third kappa shape index (κ3) is 4.17. The number of rotatable bonds is 5. The summed E-state index contributed by atoms with van der Waals surface area (Å²) in [5.41, 5.74) is 3.75. The number of hydrogen-bond donors (Lipinski definition) is 1. The first-order valence-electron chi connectivity index (χ1n) is 12.1. The summed E-state index contributed by atoms with van der Waals surface area (Å²) in [7, 11) is 1.64. The maximum Gasteiger partial charge on any atom is 0.337 e. The lowest BCUT2D eigenvalue weighted by Crippen LogP contribution is -2.36. The molecule has 2 aliphatic carbocycles. The van der Waals surface area contributed by atoms with Gasteiger partial charge in [0.15, 0.2) is 5.78 Å². The van der Waals surface area contributed by atoms with Crippen LogP contribution in [0.5, 0.6) is 5.75 Å². The van der Waals surface area contributed by atoms with Crippen LogP contribution in [-0.4, -0.2) is 25.0 Å². The van der Waals surface area contributed by atoms with E-state index in [1.54, 1.807) is 7.11 Å². The fourth-order valence-electron chi connectivity index (χ4n) is 5.55. The van der Waals surface area contributed by atoms with Crippen molar-refractivity contribution in [3.05, 3.63) is 76.0 Å². The van der Waals surface area contributed by atoms with Crippen molar-refractivity contribution in [2.75, 3.05) is 7.11 Å². The molecule has 1 aromatic carbocycles. The zero-order valence-electron chi connectivity index (χ0n) is 20.0. The molecule has 1 aliphatic heterocycles. The Bertz CT molecular complexity index is 1180. The molecule has 6 heteroatoms. The molecule has 0 radical (unpaired) electrons. The molecule has 1 aromatic heterocycles. The molecule has 34 heavy (non-hydrogen) atoms. The lowest BCUT2D eigenvalue weighted by molar-refractivity contribution is -0.144. The van der Waals surface area contributed by atoms with Crippen LogP contribution in [0.4, 0.5) is 0 Å². The Morgan fingerprint density at radius 1 is 1.09 bits per heavy atom. The molecular formula is C28H31NO5. The highest BCUT2D eigenvalue weighted by atomic mass is 16.5. The quantitative estimate of drug-likeness (QED) is 0.597. The van der Waals surface area contributed by atoms with Gasteiger partial charge in [0.2, 0.25) is 0 Å². The van der Waals surface area contributed by atoms with Gasteiger partial charge in [0.25, 0.3) is 0 Å². The molecular weight excluding hydrogens is 430 g/mol. The van der Waals surface area contributed by atoms with Gasteiger partial charge in [0, 0.05) is 23.4 Å². The highest BCUT2D eigenvalue weighted by molar-refractivity contribution is 6.04. The molecule has 0 amide bonds. The summed E-state index contributed by atoms with van der Waals surface area (Å²) in [5.74, 6) is 1.28. The van der Waals surface area contributed by atoms with E-state index < -0.39 is 5.92 Å². The number of hydrogen-bond acceptors (Lipinski definition) is 6. The van der Waals surface area contributed by atoms with Crippen molar-refractivity contribution in [1.82, 2.24) is 5.32 Å². The van der Waals surface area contributed by atoms with E-state index in [9.17, 15) is 9.59 Å². The SMILES string of the molecule is COc1cccc([C@@H]2CC(=O)C3=C(C2)NC(C)=C(C(=O)OC2CCCC2)[C@H]3c2ccc(C)o2)c1. The lowest BCUT2D eigenvalue weighted by atomic mass is 9.73. The van der Waals surface area contributed by atoms with Crippen molar-refractivity contribution in [1.29, 1.82) is 0 Å². The van der Waals surface area contributed by atoms with Crippen LogP contribution < -0.4 is 10.1 Å². The molecule has 6 nitrogen and oxygen atoms in total. The number of aryl methyl sites for hydroxylation is 1. The zero-order valence-corrected chi connectivity index (χ0v) is 20.0. The highest BCUT2D eigenvalue weighted by Gasteiger charge is 2.43. The smallest absolute Gasteiger partial charge is 0.337 e. The van der Waals surface area contributed by atoms with Gasteiger partial charge >= 0.3 is 5.97 Å². The van der Waals surface area contributed by atoms with Gasteiger partial charge in [-0.25, -0.2) is 4.79 Å². The summed E-state index contributed by atoms with van der Waals surface area (Å²) >= 11 is 0. The van der Waals surface area contributed by atoms with Gasteiger partial charge in [-0.15, -0.1) is 0 Å². The third-order valence-electron chi connectivity index (χ3n) is 7.23. The monoisotopic (exact) mass is 461 g/mol. The molecule has 1 N–H and O–H groups in total. The minimum absolute atomic E-state index is 0.0271. The van der Waals surface area contributed by atoms with Crippen LogP contribution >= 0.6 is 0 Å². The van der Waals surface area contributed by atoms with Crippen molar-refractivity contribution in [2.24, 2.45) is 0 Å². The van der Waals surface area contributed by atoms with Crippen molar-refractivity contribution in [3.8, 4) is 5.75 Å². The van der Waals surface area contributed by atoms with E-state index >= 15 is 0 Å². The molecule has 3 aliphatic rings. The predicted molar refractivity (Wildman–Crippen MR) is 127 cm³/mol. The second kappa shape index (κ2) is 9.16. The van der Waals surface area contributed by atoms with Gasteiger partial charge in [-0.1, -0.05) is 12.1 Å². The average Bonchev–Trinajstić information content (AvgIpc) is 3.49. The van der Waals surface area contributed by atoms with Crippen LogP contribution in [0.3, 0.4) is 0 Å². The van der Waals surface area contributed by atoms with E-state index in [0.29, 0.717) is 29.7 Å². The van der Waals surface area contributed by atoms with Crippen molar-refractivity contribution >= 4 is 11.8 Å². The first-order chi connectivity index (χ1) is 16.4. The number of benzene rings is 1. The second-order valence-electron chi connectivity index (χ2n) is 9.55. The van der Waals surface area contributed by atoms with Crippen molar-refractivity contribution in [3.63, 3.8) is 0 Å². The summed E-state index contributed by atoms with van der Waals surface area (Å²) in [6.07, 6.45) is 4.93. The zero-order chi connectivity index (χ0) is 23.8. The summed E-state index contributed by atoms with van der Waals surface area (Å²) in [5, 5.41) is 3.40. The minimum atomic E-state index is -0.558. The normalized spacial score (nSPS) is 23.1. The maximum absolute atomic E-state index is 13.6. The van der Waals surface area contributed by atoms with Gasteiger partial charge < -0.3 is 19.2 Å². The Morgan fingerprint density at radius 3 is 2.59 bits per heavy atom. The molecule has 5 rings (SSSR count). The van der Waals surface area contributed by atoms with Crippen LogP contribution in [0.1, 0.15) is 74.4 Å². The third-order valence-corrected chi connectivity index (χ3v) is 7.23. The molecule has 0 spiro atoms. The minimum Gasteiger partial charge on any atom is -0.497 e. The number of dihydropyridines is 1. The average molecular weight is 462 g/mol. The molecule has 0 bridgehead atoms. The number of methoxy groups -OCH3 is 1. The van der Waals surface area contributed by atoms with Gasteiger partial charge in [0.1, 0.15) is 23.4 Å². The van der Waals surface area contributed by atoms with Gasteiger partial charge in [-0.2, -0.15) is 0 Å². The van der Waals surface area contributed by atoms with E-state index in [0.717, 1.165) is 54.2 Å². The van der Waals surface area contributed by atoms with Crippen LogP contribution in [0.25, 0.3) is 0 Å². The van der Waals surface area contributed by atoms with Crippen molar-refractivity contribution in [2.45, 2.75) is 70.3 Å². The van der Waals surface area contributed by atoms with E-state index in [-0.39, 0.29) is 23.8 Å². The molecule has 1 saturated carbocycles. The number of carbonyl (C=O) groups is 2. The van der Waals surface area contributed by atoms with E-state index in [1.165, 1.54) is 0 Å². The molecule has 1 fully saturated rings. The number of Topliss-reactive ketones (excluding diaryl/α,β-unsaturated/α-hetero) is 1. The summed E-state index contributed by atoms with van der Waals surface area (Å²) < 4.78 is 17.3. The number of ketones is 1. The first-order valence-corrected chi connectivity index (χ1v) is 12.1. The Morgan fingerprint density at radius 2 is 1.88 bits per heavy atom. The van der Waals surface area contributed by atoms with Gasteiger partial charge in [-0.3, -0.25) is 4.79 Å². The van der Waals surface area contributed by atoms with Gasteiger partial charge in [0.05, 0.1) is 18.6 Å². The first kappa shape index (κ1) is 22.5. The number of esters is 1. The summed E-state index contributed by atoms with van der Waals surface area (Å²) in [6.45, 7) is 3.76. The molecule has 2 aromatic rings. The molecule has 178 valence electrons. The molecule has 0 saturated heterocycles. The largest absolute Gasteiger partial charge is 0.497 e. The number of furan rings is 1. The summed E-state index contributed by atoms with van der Waals surface area (Å²) in [6, 6.07) is 11.6. The fraction of sp³-hybridized carbons (Fsp3) is 0.429. The topological polar surface area (TPSA) is 77.8 Å². The standard InChI is InChI=1S/C28H31NO5/c1-16-11-12-24(33-16)27-25(28(31)34-20-8-4-5-9-20)17(2)29-22-14-19(15-23(30)26(22)27)18-7-6-10-21(13-18)32-3/h6-7,10-13,19-20,27,29H,4-5,8-9,14-15H2,1-3H3/t19-,27+/m0/s1. The fourth-order valence-corrected chi connectivity index (χ4v) is 5.55. The molecule has 2 heterocycles. The van der Waals surface area contributed by atoms with Gasteiger partial charge in [-0.05, 0) is 81.7 Å². The number of allylic oxidation sites excluding steroid dienone is 3. The Labute approximate surface area is 200 Å². The predicted octanol–water partition coefficient (Wildman–Crippen LogP) is 5.44. The highest BCUT2D eigenvalue weighted by Crippen LogP contribution is 2.46. The Kier molecular flexibility index (Phi) is 6.07. The van der Waals surface area contributed by atoms with Crippen LogP contribution in [0.2, 0.25) is 0 Å². The number of carbonyl (C=O) groups excluding carboxylic acids is 2. The van der Waals surface area contributed by atoms with Crippen LogP contribution in [-0.2, 0) is 14.3 Å². The van der Waals surface area contributed by atoms with E-state index in [2.05, 4.69) is 5.32 Å². The van der Waals surface area contributed by atoms with Crippen LogP contribution in [0, 0.1) is 6.92 Å². The molecule has 0 unspecified atom stereocenters. The molecule has 2 atom stereocenters. The summed E-state index contributed by atoms with van der Waals surface area (Å²) in [4.78, 5) is 27.0.